The van der Waals surface area contributed by atoms with Crippen LogP contribution in [0.25, 0.3) is 0 Å². The van der Waals surface area contributed by atoms with Crippen LogP contribution in [0, 0.1) is 0 Å². The van der Waals surface area contributed by atoms with Crippen molar-refractivity contribution < 1.29 is 14.6 Å². The summed E-state index contributed by atoms with van der Waals surface area (Å²) >= 11 is 3.31. The average molecular weight is 285 g/mol. The summed E-state index contributed by atoms with van der Waals surface area (Å²) in [5.74, 6) is 0.588. The van der Waals surface area contributed by atoms with Crippen molar-refractivity contribution in [1.82, 2.24) is 0 Å². The van der Waals surface area contributed by atoms with E-state index in [1.807, 2.05) is 0 Å². The molecule has 0 amide bonds. The number of rotatable bonds is 4. The summed E-state index contributed by atoms with van der Waals surface area (Å²) in [5, 5.41) is 8.99. The lowest BCUT2D eigenvalue weighted by atomic mass is 10.1. The van der Waals surface area contributed by atoms with Crippen LogP contribution in [0.15, 0.2) is 34.5 Å². The second kappa shape index (κ2) is 5.70. The highest BCUT2D eigenvalue weighted by Crippen LogP contribution is 2.24. The lowest BCUT2D eigenvalue weighted by Gasteiger charge is -2.06. The zero-order valence-corrected chi connectivity index (χ0v) is 10.7. The van der Waals surface area contributed by atoms with Crippen LogP contribution < -0.4 is 4.74 Å². The van der Waals surface area contributed by atoms with Gasteiger partial charge in [0.25, 0.3) is 0 Å². The fourth-order valence-electron chi connectivity index (χ4n) is 1.25. The fourth-order valence-corrected chi connectivity index (χ4v) is 1.59. The molecular formula is C12H13BrO3. The fraction of sp³-hybridized carbons (Fsp3) is 0.250. The third-order valence-corrected chi connectivity index (χ3v) is 2.54. The van der Waals surface area contributed by atoms with Crippen LogP contribution in [0.3, 0.4) is 0 Å². The maximum Gasteiger partial charge on any atom is 0.170 e. The first-order valence-electron chi connectivity index (χ1n) is 4.77. The number of ketones is 1. The molecule has 0 aliphatic rings. The third kappa shape index (κ3) is 3.38. The Labute approximate surface area is 103 Å². The Morgan fingerprint density at radius 1 is 1.56 bits per heavy atom. The minimum Gasteiger partial charge on any atom is -0.513 e. The number of allylic oxidation sites excluding steroid dienone is 2. The zero-order chi connectivity index (χ0) is 12.1. The zero-order valence-electron chi connectivity index (χ0n) is 9.16. The molecule has 0 unspecified atom stereocenters. The Hall–Kier alpha value is -1.29. The van der Waals surface area contributed by atoms with E-state index in [4.69, 9.17) is 9.84 Å². The predicted molar refractivity (Wildman–Crippen MR) is 66.0 cm³/mol. The lowest BCUT2D eigenvalue weighted by molar-refractivity contribution is 0.0991. The Balaban J connectivity index is 2.95. The van der Waals surface area contributed by atoms with Gasteiger partial charge in [0, 0.05) is 10.9 Å². The van der Waals surface area contributed by atoms with Crippen LogP contribution in [0.5, 0.6) is 5.75 Å². The van der Waals surface area contributed by atoms with E-state index < -0.39 is 0 Å². The largest absolute Gasteiger partial charge is 0.513 e. The maximum atomic E-state index is 11.8. The molecule has 0 fully saturated rings. The molecule has 1 N–H and O–H groups in total. The van der Waals surface area contributed by atoms with Crippen molar-refractivity contribution in [3.8, 4) is 5.75 Å². The number of Topliss-reactive ketones (excluding diaryl/α,β-unsaturated/α-hetero) is 1. The van der Waals surface area contributed by atoms with Gasteiger partial charge in [-0.2, -0.15) is 0 Å². The van der Waals surface area contributed by atoms with Crippen molar-refractivity contribution in [1.29, 1.82) is 0 Å². The molecule has 86 valence electrons. The first-order chi connectivity index (χ1) is 7.54. The molecule has 1 rings (SSSR count). The standard InChI is InChI=1S/C12H13BrO3/c1-8(14)3-6-11(15)10-5-4-9(13)7-12(10)16-2/h3-5,7,14H,6H2,1-2H3/b8-3-. The molecule has 0 aliphatic heterocycles. The van der Waals surface area contributed by atoms with Gasteiger partial charge in [-0.1, -0.05) is 15.9 Å². The van der Waals surface area contributed by atoms with Crippen molar-refractivity contribution in [2.45, 2.75) is 13.3 Å². The first kappa shape index (κ1) is 12.8. The molecule has 3 nitrogen and oxygen atoms in total. The van der Waals surface area contributed by atoms with Crippen molar-refractivity contribution in [2.24, 2.45) is 0 Å². The highest BCUT2D eigenvalue weighted by atomic mass is 79.9. The molecule has 0 aliphatic carbocycles. The predicted octanol–water partition coefficient (Wildman–Crippen LogP) is 3.49. The Morgan fingerprint density at radius 3 is 2.81 bits per heavy atom. The van der Waals surface area contributed by atoms with E-state index in [-0.39, 0.29) is 18.0 Å². The van der Waals surface area contributed by atoms with E-state index in [9.17, 15) is 4.79 Å². The van der Waals surface area contributed by atoms with Gasteiger partial charge in [-0.3, -0.25) is 4.79 Å². The van der Waals surface area contributed by atoms with Crippen molar-refractivity contribution in [3.63, 3.8) is 0 Å². The molecule has 0 spiro atoms. The SMILES string of the molecule is COc1cc(Br)ccc1C(=O)C/C=C(/C)O. The number of aliphatic hydroxyl groups is 1. The highest BCUT2D eigenvalue weighted by Gasteiger charge is 2.11. The van der Waals surface area contributed by atoms with Crippen molar-refractivity contribution in [3.05, 3.63) is 40.1 Å². The molecule has 1 aromatic rings. The van der Waals surface area contributed by atoms with E-state index in [2.05, 4.69) is 15.9 Å². The molecule has 0 radical (unpaired) electrons. The monoisotopic (exact) mass is 284 g/mol. The van der Waals surface area contributed by atoms with E-state index in [1.54, 1.807) is 18.2 Å². The highest BCUT2D eigenvalue weighted by molar-refractivity contribution is 9.10. The molecule has 0 bridgehead atoms. The van der Waals surface area contributed by atoms with Gasteiger partial charge in [0.2, 0.25) is 0 Å². The normalized spacial score (nSPS) is 11.3. The van der Waals surface area contributed by atoms with Crippen LogP contribution in [-0.4, -0.2) is 18.0 Å². The van der Waals surface area contributed by atoms with Gasteiger partial charge in [-0.15, -0.1) is 0 Å². The van der Waals surface area contributed by atoms with Crippen LogP contribution in [-0.2, 0) is 0 Å². The van der Waals surface area contributed by atoms with Gasteiger partial charge in [-0.25, -0.2) is 0 Å². The molecule has 16 heavy (non-hydrogen) atoms. The van der Waals surface area contributed by atoms with Crippen LogP contribution >= 0.6 is 15.9 Å². The Bertz CT molecular complexity index is 420. The van der Waals surface area contributed by atoms with Crippen molar-refractivity contribution in [2.75, 3.05) is 7.11 Å². The summed E-state index contributed by atoms with van der Waals surface area (Å²) in [6.45, 7) is 1.53. The summed E-state index contributed by atoms with van der Waals surface area (Å²) in [6, 6.07) is 5.22. The molecule has 0 saturated heterocycles. The van der Waals surface area contributed by atoms with Crippen LogP contribution in [0.2, 0.25) is 0 Å². The van der Waals surface area contributed by atoms with Gasteiger partial charge in [0.1, 0.15) is 5.75 Å². The van der Waals surface area contributed by atoms with E-state index >= 15 is 0 Å². The summed E-state index contributed by atoms with van der Waals surface area (Å²) in [4.78, 5) is 11.8. The second-order valence-corrected chi connectivity index (χ2v) is 4.23. The molecule has 1 aromatic carbocycles. The molecule has 0 aromatic heterocycles. The van der Waals surface area contributed by atoms with E-state index in [0.29, 0.717) is 11.3 Å². The number of carbonyl (C=O) groups excluding carboxylic acids is 1. The third-order valence-electron chi connectivity index (χ3n) is 2.05. The molecule has 0 heterocycles. The van der Waals surface area contributed by atoms with E-state index in [1.165, 1.54) is 20.1 Å². The second-order valence-electron chi connectivity index (χ2n) is 3.32. The number of halogens is 1. The van der Waals surface area contributed by atoms with E-state index in [0.717, 1.165) is 4.47 Å². The van der Waals surface area contributed by atoms with Gasteiger partial charge in [-0.05, 0) is 31.2 Å². The van der Waals surface area contributed by atoms with Gasteiger partial charge >= 0.3 is 0 Å². The Morgan fingerprint density at radius 2 is 2.25 bits per heavy atom. The minimum absolute atomic E-state index is 0.0854. The quantitative estimate of drug-likeness (QED) is 0.680. The van der Waals surface area contributed by atoms with Crippen molar-refractivity contribution >= 4 is 21.7 Å². The van der Waals surface area contributed by atoms with Gasteiger partial charge in [0.15, 0.2) is 5.78 Å². The topological polar surface area (TPSA) is 46.5 Å². The van der Waals surface area contributed by atoms with Crippen LogP contribution in [0.1, 0.15) is 23.7 Å². The number of ether oxygens (including phenoxy) is 1. The first-order valence-corrected chi connectivity index (χ1v) is 5.56. The summed E-state index contributed by atoms with van der Waals surface area (Å²) < 4.78 is 5.98. The Kier molecular flexibility index (Phi) is 4.55. The number of aliphatic hydroxyl groups excluding tert-OH is 1. The molecular weight excluding hydrogens is 272 g/mol. The summed E-state index contributed by atoms with van der Waals surface area (Å²) in [6.07, 6.45) is 1.64. The molecule has 0 saturated carbocycles. The number of hydrogen-bond acceptors (Lipinski definition) is 3. The maximum absolute atomic E-state index is 11.8. The smallest absolute Gasteiger partial charge is 0.170 e. The number of carbonyl (C=O) groups is 1. The summed E-state index contributed by atoms with van der Waals surface area (Å²) in [7, 11) is 1.52. The number of methoxy groups -OCH3 is 1. The van der Waals surface area contributed by atoms with Crippen LogP contribution in [0.4, 0.5) is 0 Å². The van der Waals surface area contributed by atoms with Gasteiger partial charge < -0.3 is 9.84 Å². The molecule has 4 heteroatoms. The summed E-state index contributed by atoms with van der Waals surface area (Å²) in [5.41, 5.74) is 0.517. The minimum atomic E-state index is -0.0854. The van der Waals surface area contributed by atoms with Gasteiger partial charge in [0.05, 0.1) is 18.4 Å². The molecule has 0 atom stereocenters. The lowest BCUT2D eigenvalue weighted by Crippen LogP contribution is -2.01. The number of benzene rings is 1. The number of hydrogen-bond donors (Lipinski definition) is 1. The average Bonchev–Trinajstić information content (AvgIpc) is 2.25.